The zero-order valence-corrected chi connectivity index (χ0v) is 14.4. The van der Waals surface area contributed by atoms with Gasteiger partial charge in [0.2, 0.25) is 11.7 Å². The van der Waals surface area contributed by atoms with Gasteiger partial charge >= 0.3 is 0 Å². The highest BCUT2D eigenvalue weighted by Gasteiger charge is 2.08. The lowest BCUT2D eigenvalue weighted by Gasteiger charge is -2.02. The van der Waals surface area contributed by atoms with Crippen LogP contribution in [0.3, 0.4) is 0 Å². The molecule has 1 heterocycles. The van der Waals surface area contributed by atoms with E-state index in [9.17, 15) is 0 Å². The predicted molar refractivity (Wildman–Crippen MR) is 95.6 cm³/mol. The molecule has 1 N–H and O–H groups in total. The fourth-order valence-electron chi connectivity index (χ4n) is 2.08. The summed E-state index contributed by atoms with van der Waals surface area (Å²) in [7, 11) is 0. The molecule has 0 unspecified atom stereocenters. The van der Waals surface area contributed by atoms with Crippen LogP contribution < -0.4 is 5.32 Å². The normalized spacial score (nSPS) is 10.6. The summed E-state index contributed by atoms with van der Waals surface area (Å²) in [5.74, 6) is 1.20. The maximum absolute atomic E-state index is 5.30. The summed E-state index contributed by atoms with van der Waals surface area (Å²) < 4.78 is 6.50. The van der Waals surface area contributed by atoms with Crippen molar-refractivity contribution in [2.45, 2.75) is 19.9 Å². The number of rotatable bonds is 5. The van der Waals surface area contributed by atoms with Gasteiger partial charge in [-0.15, -0.1) is 0 Å². The molecule has 112 valence electrons. The van der Waals surface area contributed by atoms with Crippen LogP contribution in [0.4, 0.5) is 5.69 Å². The molecule has 5 heteroatoms. The third kappa shape index (κ3) is 3.65. The highest BCUT2D eigenvalue weighted by atomic mass is 127. The first kappa shape index (κ1) is 15.0. The molecule has 0 atom stereocenters. The summed E-state index contributed by atoms with van der Waals surface area (Å²) in [5.41, 5.74) is 3.31. The van der Waals surface area contributed by atoms with Crippen LogP contribution in [0.25, 0.3) is 11.4 Å². The number of anilines is 1. The Bertz CT molecular complexity index is 735. The summed E-state index contributed by atoms with van der Waals surface area (Å²) in [6.45, 7) is 2.65. The van der Waals surface area contributed by atoms with Gasteiger partial charge in [0, 0.05) is 14.8 Å². The van der Waals surface area contributed by atoms with E-state index in [1.54, 1.807) is 0 Å². The van der Waals surface area contributed by atoms with Gasteiger partial charge in [-0.3, -0.25) is 0 Å². The lowest BCUT2D eigenvalue weighted by molar-refractivity contribution is 0.384. The fourth-order valence-corrected chi connectivity index (χ4v) is 2.44. The van der Waals surface area contributed by atoms with Crippen molar-refractivity contribution in [3.63, 3.8) is 0 Å². The average molecular weight is 405 g/mol. The molecule has 0 bridgehead atoms. The van der Waals surface area contributed by atoms with E-state index in [2.05, 4.69) is 69.2 Å². The summed E-state index contributed by atoms with van der Waals surface area (Å²) in [5, 5.41) is 7.31. The molecule has 0 amide bonds. The Balaban J connectivity index is 1.66. The van der Waals surface area contributed by atoms with Gasteiger partial charge in [-0.25, -0.2) is 0 Å². The fraction of sp³-hybridized carbons (Fsp3) is 0.176. The third-order valence-corrected chi connectivity index (χ3v) is 4.10. The Morgan fingerprint density at radius 1 is 1.05 bits per heavy atom. The summed E-state index contributed by atoms with van der Waals surface area (Å²) in [6, 6.07) is 16.4. The Kier molecular flexibility index (Phi) is 4.72. The van der Waals surface area contributed by atoms with E-state index in [1.807, 2.05) is 24.3 Å². The first-order valence-corrected chi connectivity index (χ1v) is 8.24. The molecule has 22 heavy (non-hydrogen) atoms. The van der Waals surface area contributed by atoms with Gasteiger partial charge in [0.15, 0.2) is 0 Å². The lowest BCUT2D eigenvalue weighted by Crippen LogP contribution is -1.99. The van der Waals surface area contributed by atoms with Crippen LogP contribution >= 0.6 is 22.6 Å². The van der Waals surface area contributed by atoms with Gasteiger partial charge in [-0.05, 0) is 58.8 Å². The second-order valence-electron chi connectivity index (χ2n) is 4.92. The SMILES string of the molecule is CCc1ccc(-c2noc(CNc3ccc(I)cc3)n2)cc1. The quantitative estimate of drug-likeness (QED) is 0.635. The zero-order valence-electron chi connectivity index (χ0n) is 12.2. The number of halogens is 1. The van der Waals surface area contributed by atoms with Crippen molar-refractivity contribution in [2.75, 3.05) is 5.32 Å². The van der Waals surface area contributed by atoms with E-state index < -0.39 is 0 Å². The monoisotopic (exact) mass is 405 g/mol. The third-order valence-electron chi connectivity index (χ3n) is 3.38. The maximum atomic E-state index is 5.30. The summed E-state index contributed by atoms with van der Waals surface area (Å²) >= 11 is 2.28. The van der Waals surface area contributed by atoms with E-state index in [-0.39, 0.29) is 0 Å². The standard InChI is InChI=1S/C17H16IN3O/c1-2-12-3-5-13(6-4-12)17-20-16(22-21-17)11-19-15-9-7-14(18)8-10-15/h3-10,19H,2,11H2,1H3. The van der Waals surface area contributed by atoms with E-state index in [4.69, 9.17) is 4.52 Å². The molecular formula is C17H16IN3O. The Morgan fingerprint density at radius 3 is 2.45 bits per heavy atom. The van der Waals surface area contributed by atoms with Crippen LogP contribution in [0.2, 0.25) is 0 Å². The van der Waals surface area contributed by atoms with E-state index in [0.29, 0.717) is 18.3 Å². The second-order valence-corrected chi connectivity index (χ2v) is 6.17. The smallest absolute Gasteiger partial charge is 0.246 e. The van der Waals surface area contributed by atoms with Crippen molar-refractivity contribution < 1.29 is 4.52 Å². The molecule has 0 aliphatic carbocycles. The predicted octanol–water partition coefficient (Wildman–Crippen LogP) is 4.52. The molecule has 0 saturated heterocycles. The van der Waals surface area contributed by atoms with Crippen LogP contribution in [-0.4, -0.2) is 10.1 Å². The van der Waals surface area contributed by atoms with Crippen LogP contribution in [0.1, 0.15) is 18.4 Å². The van der Waals surface area contributed by atoms with Crippen LogP contribution in [-0.2, 0) is 13.0 Å². The molecule has 0 fully saturated rings. The molecule has 0 aliphatic rings. The Labute approximate surface area is 143 Å². The topological polar surface area (TPSA) is 51.0 Å². The minimum Gasteiger partial charge on any atom is -0.376 e. The molecule has 0 saturated carbocycles. The first-order valence-electron chi connectivity index (χ1n) is 7.16. The van der Waals surface area contributed by atoms with Gasteiger partial charge in [-0.2, -0.15) is 4.98 Å². The molecule has 4 nitrogen and oxygen atoms in total. The number of nitrogens with one attached hydrogen (secondary N) is 1. The second kappa shape index (κ2) is 6.91. The van der Waals surface area contributed by atoms with Gasteiger partial charge in [-0.1, -0.05) is 36.3 Å². The highest BCUT2D eigenvalue weighted by molar-refractivity contribution is 14.1. The summed E-state index contributed by atoms with van der Waals surface area (Å²) in [4.78, 5) is 4.43. The van der Waals surface area contributed by atoms with Crippen molar-refractivity contribution in [1.82, 2.24) is 10.1 Å². The van der Waals surface area contributed by atoms with Crippen molar-refractivity contribution in [3.8, 4) is 11.4 Å². The maximum Gasteiger partial charge on any atom is 0.246 e. The first-order chi connectivity index (χ1) is 10.7. The van der Waals surface area contributed by atoms with Crippen molar-refractivity contribution >= 4 is 28.3 Å². The van der Waals surface area contributed by atoms with Crippen molar-refractivity contribution in [2.24, 2.45) is 0 Å². The van der Waals surface area contributed by atoms with E-state index in [1.165, 1.54) is 9.13 Å². The number of hydrogen-bond donors (Lipinski definition) is 1. The minimum atomic E-state index is 0.515. The largest absolute Gasteiger partial charge is 0.376 e. The lowest BCUT2D eigenvalue weighted by atomic mass is 10.1. The molecule has 2 aromatic carbocycles. The average Bonchev–Trinajstić information content (AvgIpc) is 3.03. The molecule has 0 radical (unpaired) electrons. The molecule has 3 aromatic rings. The zero-order chi connectivity index (χ0) is 15.4. The Morgan fingerprint density at radius 2 is 1.77 bits per heavy atom. The van der Waals surface area contributed by atoms with Gasteiger partial charge in [0.1, 0.15) is 0 Å². The molecule has 0 aliphatic heterocycles. The van der Waals surface area contributed by atoms with Gasteiger partial charge < -0.3 is 9.84 Å². The highest BCUT2D eigenvalue weighted by Crippen LogP contribution is 2.18. The number of aryl methyl sites for hydroxylation is 1. The molecular weight excluding hydrogens is 389 g/mol. The van der Waals surface area contributed by atoms with Crippen LogP contribution in [0.5, 0.6) is 0 Å². The van der Waals surface area contributed by atoms with E-state index >= 15 is 0 Å². The van der Waals surface area contributed by atoms with Crippen molar-refractivity contribution in [1.29, 1.82) is 0 Å². The Hall–Kier alpha value is -1.89. The molecule has 0 spiro atoms. The molecule has 1 aromatic heterocycles. The minimum absolute atomic E-state index is 0.515. The number of hydrogen-bond acceptors (Lipinski definition) is 4. The van der Waals surface area contributed by atoms with Crippen LogP contribution in [0, 0.1) is 3.57 Å². The number of benzene rings is 2. The number of aromatic nitrogens is 2. The number of nitrogens with zero attached hydrogens (tertiary/aromatic N) is 2. The van der Waals surface area contributed by atoms with Crippen molar-refractivity contribution in [3.05, 3.63) is 63.6 Å². The van der Waals surface area contributed by atoms with E-state index in [0.717, 1.165) is 17.7 Å². The van der Waals surface area contributed by atoms with Gasteiger partial charge in [0.25, 0.3) is 0 Å². The molecule has 3 rings (SSSR count). The summed E-state index contributed by atoms with van der Waals surface area (Å²) in [6.07, 6.45) is 1.03. The van der Waals surface area contributed by atoms with Crippen LogP contribution in [0.15, 0.2) is 53.1 Å². The van der Waals surface area contributed by atoms with Gasteiger partial charge in [0.05, 0.1) is 6.54 Å².